The topological polar surface area (TPSA) is 82.0 Å². The molecule has 3 N–H and O–H groups in total. The van der Waals surface area contributed by atoms with Crippen molar-refractivity contribution in [2.45, 2.75) is 89.4 Å². The zero-order valence-corrected chi connectivity index (χ0v) is 23.0. The molecule has 1 aromatic rings. The molecule has 7 unspecified atom stereocenters. The van der Waals surface area contributed by atoms with Gasteiger partial charge in [0.1, 0.15) is 0 Å². The lowest BCUT2D eigenvalue weighted by Crippen LogP contribution is -2.58. The van der Waals surface area contributed by atoms with E-state index >= 15 is 0 Å². The van der Waals surface area contributed by atoms with Crippen molar-refractivity contribution in [2.75, 3.05) is 25.0 Å². The van der Waals surface area contributed by atoms with Crippen molar-refractivity contribution in [1.82, 2.24) is 4.90 Å². The van der Waals surface area contributed by atoms with Crippen molar-refractivity contribution in [3.63, 3.8) is 0 Å². The number of para-hydroxylation sites is 1. The van der Waals surface area contributed by atoms with E-state index in [4.69, 9.17) is 4.74 Å². The first-order valence-corrected chi connectivity index (χ1v) is 14.8. The second-order valence-corrected chi connectivity index (χ2v) is 13.1. The lowest BCUT2D eigenvalue weighted by molar-refractivity contribution is -0.0985. The molecule has 3 saturated carbocycles. The van der Waals surface area contributed by atoms with Crippen LogP contribution >= 0.6 is 0 Å². The molecule has 1 aromatic carbocycles. The molecule has 6 rings (SSSR count). The highest BCUT2D eigenvalue weighted by atomic mass is 16.5. The van der Waals surface area contributed by atoms with Gasteiger partial charge >= 0.3 is 6.03 Å². The van der Waals surface area contributed by atoms with E-state index in [2.05, 4.69) is 31.3 Å². The molecule has 6 nitrogen and oxygen atoms in total. The average Bonchev–Trinajstić information content (AvgIpc) is 3.50. The van der Waals surface area contributed by atoms with E-state index in [1.165, 1.54) is 11.1 Å². The highest BCUT2D eigenvalue weighted by Gasteiger charge is 2.62. The summed E-state index contributed by atoms with van der Waals surface area (Å²) in [4.78, 5) is 15.4. The standard InChI is InChI=1S/C32H44N2O4/c1-30-15-12-24(35)19-22(30)10-11-26-27(30)13-16-31(2)28(26)14-17-32(31,37)21-34(20-25-9-6-18-38-25)29(36)33-23-7-4-3-5-8-23/h3-5,7-8,10-11,24-25,27-28,35,37H,6,9,12-21H2,1-2H3,(H,33,36). The van der Waals surface area contributed by atoms with E-state index in [1.807, 2.05) is 35.2 Å². The highest BCUT2D eigenvalue weighted by Crippen LogP contribution is 2.66. The summed E-state index contributed by atoms with van der Waals surface area (Å²) in [5, 5.41) is 25.7. The van der Waals surface area contributed by atoms with Crippen molar-refractivity contribution >= 4 is 11.7 Å². The van der Waals surface area contributed by atoms with Crippen molar-refractivity contribution in [2.24, 2.45) is 22.7 Å². The van der Waals surface area contributed by atoms with Crippen molar-refractivity contribution in [3.05, 3.63) is 53.6 Å². The zero-order valence-electron chi connectivity index (χ0n) is 23.0. The number of carbonyl (C=O) groups excluding carboxylic acids is 1. The minimum Gasteiger partial charge on any atom is -0.393 e. The molecule has 1 heterocycles. The summed E-state index contributed by atoms with van der Waals surface area (Å²) in [6.07, 6.45) is 12.7. The van der Waals surface area contributed by atoms with Crippen LogP contribution in [0, 0.1) is 22.7 Å². The van der Waals surface area contributed by atoms with Crippen molar-refractivity contribution < 1.29 is 19.7 Å². The van der Waals surface area contributed by atoms with Crippen LogP contribution in [0.15, 0.2) is 53.6 Å². The molecule has 0 spiro atoms. The maximum atomic E-state index is 13.6. The fourth-order valence-corrected chi connectivity index (χ4v) is 8.65. The number of allylic oxidation sites excluding steroid dienone is 3. The number of aliphatic hydroxyl groups is 2. The quantitative estimate of drug-likeness (QED) is 0.467. The smallest absolute Gasteiger partial charge is 0.322 e. The van der Waals surface area contributed by atoms with E-state index in [0.29, 0.717) is 31.3 Å². The summed E-state index contributed by atoms with van der Waals surface area (Å²) >= 11 is 0. The number of hydrogen-bond acceptors (Lipinski definition) is 4. The highest BCUT2D eigenvalue weighted by molar-refractivity contribution is 5.89. The van der Waals surface area contributed by atoms with Gasteiger partial charge in [0.05, 0.1) is 24.4 Å². The Morgan fingerprint density at radius 2 is 1.84 bits per heavy atom. The summed E-state index contributed by atoms with van der Waals surface area (Å²) in [5.74, 6) is 0.800. The number of nitrogens with one attached hydrogen (secondary N) is 1. The molecule has 7 atom stereocenters. The van der Waals surface area contributed by atoms with Crippen LogP contribution < -0.4 is 5.32 Å². The Bertz CT molecular complexity index is 1110. The Hall–Kier alpha value is -2.15. The normalized spacial score (nSPS) is 39.9. The number of hydrogen-bond donors (Lipinski definition) is 3. The monoisotopic (exact) mass is 520 g/mol. The van der Waals surface area contributed by atoms with E-state index in [-0.39, 0.29) is 29.1 Å². The molecule has 206 valence electrons. The summed E-state index contributed by atoms with van der Waals surface area (Å²) in [7, 11) is 0. The van der Waals surface area contributed by atoms with Gasteiger partial charge in [-0.3, -0.25) is 0 Å². The fourth-order valence-electron chi connectivity index (χ4n) is 8.65. The molecule has 1 aliphatic heterocycles. The molecule has 38 heavy (non-hydrogen) atoms. The summed E-state index contributed by atoms with van der Waals surface area (Å²) in [6, 6.07) is 9.39. The Labute approximate surface area is 227 Å². The van der Waals surface area contributed by atoms with E-state index in [9.17, 15) is 15.0 Å². The third-order valence-corrected chi connectivity index (χ3v) is 11.1. The molecular weight excluding hydrogens is 476 g/mol. The number of ether oxygens (including phenoxy) is 1. The van der Waals surface area contributed by atoms with Crippen molar-refractivity contribution in [3.8, 4) is 0 Å². The third kappa shape index (κ3) is 4.33. The predicted octanol–water partition coefficient (Wildman–Crippen LogP) is 5.67. The lowest BCUT2D eigenvalue weighted by atomic mass is 9.50. The molecule has 0 aromatic heterocycles. The van der Waals surface area contributed by atoms with E-state index < -0.39 is 5.60 Å². The molecule has 4 aliphatic carbocycles. The van der Waals surface area contributed by atoms with Gasteiger partial charge in [0.2, 0.25) is 0 Å². The van der Waals surface area contributed by atoms with E-state index in [0.717, 1.165) is 63.7 Å². The van der Waals surface area contributed by atoms with Gasteiger partial charge in [0.15, 0.2) is 0 Å². The van der Waals surface area contributed by atoms with Crippen LogP contribution in [-0.4, -0.2) is 58.6 Å². The zero-order chi connectivity index (χ0) is 26.5. The average molecular weight is 521 g/mol. The number of rotatable bonds is 5. The minimum atomic E-state index is -0.955. The first-order valence-electron chi connectivity index (χ1n) is 14.8. The molecule has 0 radical (unpaired) electrons. The maximum absolute atomic E-state index is 13.6. The molecule has 1 saturated heterocycles. The fraction of sp³-hybridized carbons (Fsp3) is 0.656. The van der Waals surface area contributed by atoms with Crippen LogP contribution in [0.3, 0.4) is 0 Å². The first kappa shape index (κ1) is 26.1. The second kappa shape index (κ2) is 9.79. The van der Waals surface area contributed by atoms with Gasteiger partial charge in [-0.25, -0.2) is 4.79 Å². The van der Waals surface area contributed by atoms with Gasteiger partial charge in [-0.05, 0) is 87.2 Å². The number of urea groups is 1. The van der Waals surface area contributed by atoms with Crippen LogP contribution in [0.1, 0.15) is 71.6 Å². The SMILES string of the molecule is CC12CCC(O)CC1=CC=C1C2CCC2(C)C1CCC2(O)CN(CC1CCCO1)C(=O)Nc1ccccc1. The van der Waals surface area contributed by atoms with Crippen LogP contribution in [0.25, 0.3) is 0 Å². The summed E-state index contributed by atoms with van der Waals surface area (Å²) in [6.45, 7) is 6.24. The Balaban J connectivity index is 1.25. The van der Waals surface area contributed by atoms with Crippen LogP contribution in [-0.2, 0) is 4.74 Å². The Kier molecular flexibility index (Phi) is 6.73. The van der Waals surface area contributed by atoms with E-state index in [1.54, 1.807) is 0 Å². The summed E-state index contributed by atoms with van der Waals surface area (Å²) in [5.41, 5.74) is 2.54. The number of nitrogens with zero attached hydrogens (tertiary/aromatic N) is 1. The number of anilines is 1. The van der Waals surface area contributed by atoms with Crippen LogP contribution in [0.2, 0.25) is 0 Å². The molecule has 0 bridgehead atoms. The first-order chi connectivity index (χ1) is 18.2. The Morgan fingerprint density at radius 1 is 1.05 bits per heavy atom. The van der Waals surface area contributed by atoms with Gasteiger partial charge in [0.25, 0.3) is 0 Å². The molecule has 4 fully saturated rings. The number of aliphatic hydroxyl groups excluding tert-OH is 1. The molecule has 2 amide bonds. The third-order valence-electron chi connectivity index (χ3n) is 11.1. The van der Waals surface area contributed by atoms with Gasteiger partial charge in [-0.15, -0.1) is 0 Å². The summed E-state index contributed by atoms with van der Waals surface area (Å²) < 4.78 is 5.92. The largest absolute Gasteiger partial charge is 0.393 e. The maximum Gasteiger partial charge on any atom is 0.322 e. The molecule has 5 aliphatic rings. The van der Waals surface area contributed by atoms with Crippen molar-refractivity contribution in [1.29, 1.82) is 0 Å². The number of carbonyl (C=O) groups is 1. The number of amides is 2. The van der Waals surface area contributed by atoms with Gasteiger partial charge < -0.3 is 25.2 Å². The van der Waals surface area contributed by atoms with Gasteiger partial charge in [-0.1, -0.05) is 55.3 Å². The minimum absolute atomic E-state index is 0.0204. The molecule has 6 heteroatoms. The van der Waals surface area contributed by atoms with Gasteiger partial charge in [-0.2, -0.15) is 0 Å². The van der Waals surface area contributed by atoms with Crippen LogP contribution in [0.4, 0.5) is 10.5 Å². The lowest BCUT2D eigenvalue weighted by Gasteiger charge is -2.56. The van der Waals surface area contributed by atoms with Gasteiger partial charge in [0, 0.05) is 24.3 Å². The second-order valence-electron chi connectivity index (χ2n) is 13.1. The van der Waals surface area contributed by atoms with Crippen LogP contribution in [0.5, 0.6) is 0 Å². The number of fused-ring (bicyclic) bond motifs is 5. The Morgan fingerprint density at radius 3 is 2.61 bits per heavy atom. The predicted molar refractivity (Wildman–Crippen MR) is 149 cm³/mol. The molecular formula is C32H44N2O4. The number of benzene rings is 1.